The SMILES string of the molecule is C=CC(=O)OCCCCCCOc1ccc(C(=O)Oc2ccc(-c3ccc(OC(=O)c4ccc(OCCCCCCOC(=O)C=C)cc4)cc3/C=N/NC3c4ccccc4-c4ccccc43)cc2)cc1. The van der Waals surface area contributed by atoms with Crippen molar-refractivity contribution in [1.29, 1.82) is 0 Å². The molecule has 0 saturated heterocycles. The van der Waals surface area contributed by atoms with Crippen LogP contribution in [0.3, 0.4) is 0 Å². The third-order valence-corrected chi connectivity index (χ3v) is 11.5. The second kappa shape index (κ2) is 25.8. The molecule has 0 bridgehead atoms. The van der Waals surface area contributed by atoms with Gasteiger partial charge in [-0.25, -0.2) is 19.2 Å². The van der Waals surface area contributed by atoms with E-state index in [1.807, 2.05) is 42.5 Å². The number of carbonyl (C=O) groups is 4. The Hall–Kier alpha value is -8.25. The highest BCUT2D eigenvalue weighted by atomic mass is 16.5. The number of hydrazone groups is 1. The van der Waals surface area contributed by atoms with E-state index in [4.69, 9.17) is 33.5 Å². The second-order valence-corrected chi connectivity index (χ2v) is 16.4. The zero-order valence-corrected chi connectivity index (χ0v) is 39.0. The monoisotopic (exact) mass is 940 g/mol. The lowest BCUT2D eigenvalue weighted by atomic mass is 10.00. The molecule has 0 fully saturated rings. The zero-order valence-electron chi connectivity index (χ0n) is 39.0. The van der Waals surface area contributed by atoms with Crippen LogP contribution in [0, 0.1) is 0 Å². The second-order valence-electron chi connectivity index (χ2n) is 16.4. The number of hydrogen-bond acceptors (Lipinski definition) is 12. The number of nitrogens with one attached hydrogen (secondary N) is 1. The highest BCUT2D eigenvalue weighted by Crippen LogP contribution is 2.43. The summed E-state index contributed by atoms with van der Waals surface area (Å²) in [6, 6.07) is 42.6. The molecule has 0 heterocycles. The van der Waals surface area contributed by atoms with Crippen LogP contribution in [0.4, 0.5) is 0 Å². The first kappa shape index (κ1) is 49.6. The summed E-state index contributed by atoms with van der Waals surface area (Å²) in [5.41, 5.74) is 11.0. The van der Waals surface area contributed by atoms with Gasteiger partial charge in [-0.05, 0) is 158 Å². The Bertz CT molecular complexity index is 2720. The van der Waals surface area contributed by atoms with E-state index in [1.165, 1.54) is 0 Å². The molecule has 0 amide bonds. The molecule has 6 aromatic carbocycles. The number of hydrogen-bond donors (Lipinski definition) is 1. The van der Waals surface area contributed by atoms with Crippen LogP contribution in [0.2, 0.25) is 0 Å². The lowest BCUT2D eigenvalue weighted by Gasteiger charge is -2.14. The van der Waals surface area contributed by atoms with Gasteiger partial charge in [0.25, 0.3) is 0 Å². The molecule has 70 heavy (non-hydrogen) atoms. The van der Waals surface area contributed by atoms with Crippen LogP contribution in [0.5, 0.6) is 23.0 Å². The topological polar surface area (TPSA) is 148 Å². The highest BCUT2D eigenvalue weighted by molar-refractivity contribution is 5.94. The van der Waals surface area contributed by atoms with Gasteiger partial charge in [0.2, 0.25) is 0 Å². The van der Waals surface area contributed by atoms with Crippen LogP contribution >= 0.6 is 0 Å². The van der Waals surface area contributed by atoms with Crippen molar-refractivity contribution in [2.75, 3.05) is 26.4 Å². The summed E-state index contributed by atoms with van der Waals surface area (Å²) in [6.45, 7) is 8.58. The number of fused-ring (bicyclic) bond motifs is 3. The Morgan fingerprint density at radius 2 is 0.929 bits per heavy atom. The van der Waals surface area contributed by atoms with E-state index in [9.17, 15) is 19.2 Å². The van der Waals surface area contributed by atoms with E-state index >= 15 is 0 Å². The minimum Gasteiger partial charge on any atom is -0.494 e. The Labute approximate surface area is 408 Å². The van der Waals surface area contributed by atoms with Crippen LogP contribution < -0.4 is 24.4 Å². The van der Waals surface area contributed by atoms with Crippen molar-refractivity contribution in [3.8, 4) is 45.3 Å². The van der Waals surface area contributed by atoms with Crippen molar-refractivity contribution in [2.24, 2.45) is 5.10 Å². The molecule has 0 unspecified atom stereocenters. The summed E-state index contributed by atoms with van der Waals surface area (Å²) in [5, 5.41) is 4.75. The quantitative estimate of drug-likeness (QED) is 0.0138. The Balaban J connectivity index is 0.973. The molecule has 1 aliphatic carbocycles. The summed E-state index contributed by atoms with van der Waals surface area (Å²) in [5.74, 6) is 0.131. The number of ether oxygens (including phenoxy) is 6. The van der Waals surface area contributed by atoms with E-state index in [-0.39, 0.29) is 6.04 Å². The number of rotatable bonds is 26. The summed E-state index contributed by atoms with van der Waals surface area (Å²) in [6.07, 6.45) is 11.0. The minimum atomic E-state index is -0.529. The van der Waals surface area contributed by atoms with Gasteiger partial charge < -0.3 is 28.4 Å². The van der Waals surface area contributed by atoms with Gasteiger partial charge in [-0.2, -0.15) is 5.10 Å². The predicted octanol–water partition coefficient (Wildman–Crippen LogP) is 11.8. The van der Waals surface area contributed by atoms with Crippen molar-refractivity contribution < 1.29 is 47.6 Å². The summed E-state index contributed by atoms with van der Waals surface area (Å²) in [4.78, 5) is 48.8. The molecule has 1 aliphatic rings. The molecule has 0 saturated carbocycles. The van der Waals surface area contributed by atoms with E-state index in [0.29, 0.717) is 66.1 Å². The van der Waals surface area contributed by atoms with E-state index in [0.717, 1.165) is 96.9 Å². The van der Waals surface area contributed by atoms with Gasteiger partial charge in [-0.15, -0.1) is 0 Å². The lowest BCUT2D eigenvalue weighted by Crippen LogP contribution is -2.15. The molecule has 7 rings (SSSR count). The van der Waals surface area contributed by atoms with Gasteiger partial charge in [-0.3, -0.25) is 5.43 Å². The fourth-order valence-electron chi connectivity index (χ4n) is 7.82. The first-order valence-corrected chi connectivity index (χ1v) is 23.5. The molecule has 0 aliphatic heterocycles. The van der Waals surface area contributed by atoms with Gasteiger partial charge in [0.15, 0.2) is 0 Å². The van der Waals surface area contributed by atoms with E-state index < -0.39 is 23.9 Å². The standard InChI is InChI=1S/C58H56N2O10/c1-3-54(61)67-37-15-7-5-13-35-65-45-27-23-42(24-28-45)57(63)69-47-31-21-41(22-32-47)49-34-33-48(39-44(49)40-59-60-56-52-19-11-9-17-50(52)51-18-10-12-20-53(51)56)70-58(64)43-25-29-46(30-26-43)66-36-14-6-8-16-38-68-55(62)4-2/h3-4,9-12,17-34,39-40,56,60H,1-2,5-8,13-16,35-38H2/b59-40+. The molecule has 0 radical (unpaired) electrons. The summed E-state index contributed by atoms with van der Waals surface area (Å²) < 4.78 is 33.4. The van der Waals surface area contributed by atoms with Gasteiger partial charge in [0.05, 0.1) is 49.8 Å². The molecule has 0 aromatic heterocycles. The van der Waals surface area contributed by atoms with E-state index in [1.54, 1.807) is 79.0 Å². The molecule has 12 nitrogen and oxygen atoms in total. The third kappa shape index (κ3) is 14.1. The van der Waals surface area contributed by atoms with Crippen molar-refractivity contribution >= 4 is 30.1 Å². The van der Waals surface area contributed by atoms with Crippen LogP contribution in [0.15, 0.2) is 170 Å². The van der Waals surface area contributed by atoms with Gasteiger partial charge in [0, 0.05) is 17.7 Å². The first-order chi connectivity index (χ1) is 34.3. The average Bonchev–Trinajstić information content (AvgIpc) is 3.71. The first-order valence-electron chi connectivity index (χ1n) is 23.5. The molecule has 0 atom stereocenters. The summed E-state index contributed by atoms with van der Waals surface area (Å²) >= 11 is 0. The number of esters is 4. The molecule has 12 heteroatoms. The highest BCUT2D eigenvalue weighted by Gasteiger charge is 2.27. The molecule has 0 spiro atoms. The Kier molecular flexibility index (Phi) is 18.3. The predicted molar refractivity (Wildman–Crippen MR) is 269 cm³/mol. The van der Waals surface area contributed by atoms with Crippen molar-refractivity contribution in [2.45, 2.75) is 57.4 Å². The molecular formula is C58H56N2O10. The maximum Gasteiger partial charge on any atom is 0.343 e. The van der Waals surface area contributed by atoms with Crippen molar-refractivity contribution in [3.63, 3.8) is 0 Å². The fourth-order valence-corrected chi connectivity index (χ4v) is 7.82. The van der Waals surface area contributed by atoms with Crippen molar-refractivity contribution in [1.82, 2.24) is 5.43 Å². The van der Waals surface area contributed by atoms with E-state index in [2.05, 4.69) is 42.8 Å². The normalized spacial score (nSPS) is 11.5. The molecule has 1 N–H and O–H groups in total. The number of benzene rings is 6. The fraction of sp³-hybridized carbons (Fsp3) is 0.224. The zero-order chi connectivity index (χ0) is 48.9. The van der Waals surface area contributed by atoms with Gasteiger partial charge >= 0.3 is 23.9 Å². The number of unbranched alkanes of at least 4 members (excludes halogenated alkanes) is 6. The third-order valence-electron chi connectivity index (χ3n) is 11.5. The Morgan fingerprint density at radius 3 is 1.43 bits per heavy atom. The molecule has 6 aromatic rings. The number of nitrogens with zero attached hydrogens (tertiary/aromatic N) is 1. The number of carbonyl (C=O) groups excluding carboxylic acids is 4. The minimum absolute atomic E-state index is 0.164. The van der Waals surface area contributed by atoms with Crippen LogP contribution in [-0.4, -0.2) is 56.5 Å². The molecule has 358 valence electrons. The smallest absolute Gasteiger partial charge is 0.343 e. The maximum absolute atomic E-state index is 13.4. The summed E-state index contributed by atoms with van der Waals surface area (Å²) in [7, 11) is 0. The van der Waals surface area contributed by atoms with Crippen molar-refractivity contribution in [3.05, 3.63) is 193 Å². The van der Waals surface area contributed by atoms with Gasteiger partial charge in [0.1, 0.15) is 23.0 Å². The van der Waals surface area contributed by atoms with Crippen LogP contribution in [0.1, 0.15) is 94.8 Å². The largest absolute Gasteiger partial charge is 0.494 e. The van der Waals surface area contributed by atoms with Gasteiger partial charge in [-0.1, -0.05) is 79.9 Å². The lowest BCUT2D eigenvalue weighted by molar-refractivity contribution is -0.138. The average molecular weight is 941 g/mol. The maximum atomic E-state index is 13.4. The molecular weight excluding hydrogens is 885 g/mol. The van der Waals surface area contributed by atoms with Crippen LogP contribution in [-0.2, 0) is 19.1 Å². The Morgan fingerprint density at radius 1 is 0.486 bits per heavy atom. The van der Waals surface area contributed by atoms with Crippen LogP contribution in [0.25, 0.3) is 22.3 Å².